The van der Waals surface area contributed by atoms with Crippen molar-refractivity contribution in [3.63, 3.8) is 0 Å². The summed E-state index contributed by atoms with van der Waals surface area (Å²) in [4.78, 5) is 32.0. The summed E-state index contributed by atoms with van der Waals surface area (Å²) < 4.78 is 2.11. The number of aryl methyl sites for hydroxylation is 1. The van der Waals surface area contributed by atoms with Crippen molar-refractivity contribution in [1.82, 2.24) is 14.5 Å². The fraction of sp³-hybridized carbons (Fsp3) is 0.737. The highest BCUT2D eigenvalue weighted by molar-refractivity contribution is 5.97. The Hall–Kier alpha value is -1.85. The fourth-order valence-electron chi connectivity index (χ4n) is 4.61. The Morgan fingerprint density at radius 1 is 1.00 bits per heavy atom. The van der Waals surface area contributed by atoms with E-state index in [1.54, 1.807) is 6.20 Å². The van der Waals surface area contributed by atoms with Crippen LogP contribution >= 0.6 is 0 Å². The largest absolute Gasteiger partial charge is 0.330 e. The van der Waals surface area contributed by atoms with Crippen molar-refractivity contribution in [1.29, 1.82) is 0 Å². The number of likely N-dealkylation sites (tertiary alicyclic amines) is 1. The average molecular weight is 344 g/mol. The Balaban J connectivity index is 1.43. The van der Waals surface area contributed by atoms with Crippen LogP contribution in [0.4, 0.5) is 5.82 Å². The molecule has 2 amide bonds. The second kappa shape index (κ2) is 7.18. The summed E-state index contributed by atoms with van der Waals surface area (Å²) in [7, 11) is 0. The van der Waals surface area contributed by atoms with E-state index in [1.165, 1.54) is 6.42 Å². The van der Waals surface area contributed by atoms with Gasteiger partial charge in [-0.05, 0) is 38.5 Å². The number of fused-ring (bicyclic) bond motifs is 1. The standard InChI is InChI=1S/C19H28N4O2/c24-18(21-17-13-20-16-10-4-5-11-23(16)17)15-9-6-12-22(15)19(25)14-7-2-1-3-8-14/h13-15H,1-12H2,(H,21,24)/t15-/m1/s1. The van der Waals surface area contributed by atoms with Gasteiger partial charge < -0.3 is 14.8 Å². The van der Waals surface area contributed by atoms with E-state index in [0.717, 1.165) is 82.5 Å². The molecule has 0 bridgehead atoms. The van der Waals surface area contributed by atoms with Crippen LogP contribution in [0.25, 0.3) is 0 Å². The maximum absolute atomic E-state index is 12.9. The molecule has 1 aromatic heterocycles. The van der Waals surface area contributed by atoms with Crippen molar-refractivity contribution in [3.05, 3.63) is 12.0 Å². The number of amides is 2. The van der Waals surface area contributed by atoms with Gasteiger partial charge in [0.1, 0.15) is 17.7 Å². The monoisotopic (exact) mass is 344 g/mol. The molecular weight excluding hydrogens is 316 g/mol. The molecule has 1 saturated carbocycles. The zero-order valence-electron chi connectivity index (χ0n) is 14.9. The van der Waals surface area contributed by atoms with Crippen LogP contribution in [0.2, 0.25) is 0 Å². The Morgan fingerprint density at radius 2 is 1.84 bits per heavy atom. The quantitative estimate of drug-likeness (QED) is 0.917. The number of hydrogen-bond acceptors (Lipinski definition) is 3. The molecule has 1 N–H and O–H groups in total. The Bertz CT molecular complexity index is 648. The van der Waals surface area contributed by atoms with Gasteiger partial charge in [-0.3, -0.25) is 9.59 Å². The molecule has 25 heavy (non-hydrogen) atoms. The number of aromatic nitrogens is 2. The minimum Gasteiger partial charge on any atom is -0.330 e. The molecule has 1 saturated heterocycles. The number of nitrogens with one attached hydrogen (secondary N) is 1. The number of carbonyl (C=O) groups is 2. The summed E-state index contributed by atoms with van der Waals surface area (Å²) in [5, 5.41) is 3.05. The zero-order valence-corrected chi connectivity index (χ0v) is 14.9. The summed E-state index contributed by atoms with van der Waals surface area (Å²) in [5.74, 6) is 2.13. The van der Waals surface area contributed by atoms with Crippen LogP contribution in [0.5, 0.6) is 0 Å². The third kappa shape index (κ3) is 3.31. The number of nitrogens with zero attached hydrogens (tertiary/aromatic N) is 3. The highest BCUT2D eigenvalue weighted by atomic mass is 16.2. The Kier molecular flexibility index (Phi) is 4.77. The van der Waals surface area contributed by atoms with Crippen molar-refractivity contribution in [3.8, 4) is 0 Å². The predicted octanol–water partition coefficient (Wildman–Crippen LogP) is 2.73. The van der Waals surface area contributed by atoms with Gasteiger partial charge in [-0.2, -0.15) is 0 Å². The van der Waals surface area contributed by atoms with Gasteiger partial charge in [-0.1, -0.05) is 19.3 Å². The van der Waals surface area contributed by atoms with Crippen molar-refractivity contribution in [2.24, 2.45) is 5.92 Å². The number of anilines is 1. The second-order valence-electron chi connectivity index (χ2n) is 7.68. The number of carbonyl (C=O) groups excluding carboxylic acids is 2. The maximum Gasteiger partial charge on any atom is 0.248 e. The van der Waals surface area contributed by atoms with E-state index in [-0.39, 0.29) is 23.8 Å². The second-order valence-corrected chi connectivity index (χ2v) is 7.68. The highest BCUT2D eigenvalue weighted by Gasteiger charge is 2.37. The Morgan fingerprint density at radius 3 is 2.68 bits per heavy atom. The van der Waals surface area contributed by atoms with Crippen LogP contribution in [-0.2, 0) is 22.6 Å². The molecule has 4 rings (SSSR count). The van der Waals surface area contributed by atoms with E-state index in [2.05, 4.69) is 14.9 Å². The lowest BCUT2D eigenvalue weighted by Crippen LogP contribution is -2.46. The molecule has 0 unspecified atom stereocenters. The van der Waals surface area contributed by atoms with Gasteiger partial charge in [0.2, 0.25) is 11.8 Å². The predicted molar refractivity (Wildman–Crippen MR) is 95.1 cm³/mol. The topological polar surface area (TPSA) is 67.2 Å². The molecule has 1 atom stereocenters. The molecule has 0 aromatic carbocycles. The van der Waals surface area contributed by atoms with Gasteiger partial charge in [0.15, 0.2) is 0 Å². The van der Waals surface area contributed by atoms with E-state index >= 15 is 0 Å². The molecule has 2 fully saturated rings. The molecule has 6 nitrogen and oxygen atoms in total. The lowest BCUT2D eigenvalue weighted by molar-refractivity contribution is -0.141. The van der Waals surface area contributed by atoms with Gasteiger partial charge in [0.25, 0.3) is 0 Å². The molecule has 6 heteroatoms. The first-order valence-corrected chi connectivity index (χ1v) is 9.90. The summed E-state index contributed by atoms with van der Waals surface area (Å²) in [5.41, 5.74) is 0. The van der Waals surface area contributed by atoms with E-state index in [1.807, 2.05) is 4.90 Å². The minimum atomic E-state index is -0.316. The average Bonchev–Trinajstić information content (AvgIpc) is 3.29. The van der Waals surface area contributed by atoms with Gasteiger partial charge in [0.05, 0.1) is 6.20 Å². The molecule has 3 heterocycles. The molecule has 1 aromatic rings. The normalized spacial score (nSPS) is 24.2. The van der Waals surface area contributed by atoms with Gasteiger partial charge in [-0.15, -0.1) is 0 Å². The first-order chi connectivity index (χ1) is 12.2. The van der Waals surface area contributed by atoms with Crippen molar-refractivity contribution in [2.45, 2.75) is 76.8 Å². The maximum atomic E-state index is 12.9. The number of imidazole rings is 1. The van der Waals surface area contributed by atoms with Crippen molar-refractivity contribution in [2.75, 3.05) is 11.9 Å². The van der Waals surface area contributed by atoms with Crippen molar-refractivity contribution < 1.29 is 9.59 Å². The number of hydrogen-bond donors (Lipinski definition) is 1. The third-order valence-electron chi connectivity index (χ3n) is 6.01. The molecule has 1 aliphatic carbocycles. The molecule has 136 valence electrons. The SMILES string of the molecule is O=C(Nc1cnc2n1CCCC2)[C@H]1CCCN1C(=O)C1CCCCC1. The van der Waals surface area contributed by atoms with Crippen LogP contribution in [0.1, 0.15) is 63.6 Å². The van der Waals surface area contributed by atoms with Crippen molar-refractivity contribution >= 4 is 17.6 Å². The first-order valence-electron chi connectivity index (χ1n) is 9.90. The van der Waals surface area contributed by atoms with E-state index in [9.17, 15) is 9.59 Å². The lowest BCUT2D eigenvalue weighted by Gasteiger charge is -2.30. The van der Waals surface area contributed by atoms with E-state index in [4.69, 9.17) is 0 Å². The van der Waals surface area contributed by atoms with Gasteiger partial charge in [-0.25, -0.2) is 4.98 Å². The van der Waals surface area contributed by atoms with Crippen LogP contribution in [0, 0.1) is 5.92 Å². The van der Waals surface area contributed by atoms with Crippen LogP contribution < -0.4 is 5.32 Å². The highest BCUT2D eigenvalue weighted by Crippen LogP contribution is 2.29. The molecule has 2 aliphatic heterocycles. The third-order valence-corrected chi connectivity index (χ3v) is 6.01. The number of rotatable bonds is 3. The molecule has 0 radical (unpaired) electrons. The minimum absolute atomic E-state index is 0.0464. The first kappa shape index (κ1) is 16.6. The molecular formula is C19H28N4O2. The smallest absolute Gasteiger partial charge is 0.248 e. The van der Waals surface area contributed by atoms with Gasteiger partial charge in [0, 0.05) is 25.4 Å². The summed E-state index contributed by atoms with van der Waals surface area (Å²) in [6.45, 7) is 1.64. The summed E-state index contributed by atoms with van der Waals surface area (Å²) in [6.07, 6.45) is 12.2. The summed E-state index contributed by atoms with van der Waals surface area (Å²) in [6, 6.07) is -0.316. The fourth-order valence-corrected chi connectivity index (χ4v) is 4.61. The van der Waals surface area contributed by atoms with E-state index in [0.29, 0.717) is 0 Å². The van der Waals surface area contributed by atoms with E-state index < -0.39 is 0 Å². The lowest BCUT2D eigenvalue weighted by atomic mass is 9.88. The summed E-state index contributed by atoms with van der Waals surface area (Å²) >= 11 is 0. The molecule has 0 spiro atoms. The zero-order chi connectivity index (χ0) is 17.2. The van der Waals surface area contributed by atoms with Crippen LogP contribution in [0.15, 0.2) is 6.20 Å². The molecule has 3 aliphatic rings. The van der Waals surface area contributed by atoms with Crippen LogP contribution in [-0.4, -0.2) is 38.9 Å². The van der Waals surface area contributed by atoms with Crippen LogP contribution in [0.3, 0.4) is 0 Å². The van der Waals surface area contributed by atoms with Gasteiger partial charge >= 0.3 is 0 Å². The Labute approximate surface area is 149 Å².